The summed E-state index contributed by atoms with van der Waals surface area (Å²) in [5.41, 5.74) is -0.574. The Labute approximate surface area is 115 Å². The van der Waals surface area contributed by atoms with Crippen LogP contribution in [-0.2, 0) is 0 Å². The van der Waals surface area contributed by atoms with Gasteiger partial charge in [-0.2, -0.15) is 13.2 Å². The molecule has 0 heterocycles. The predicted molar refractivity (Wildman–Crippen MR) is 76.3 cm³/mol. The molecule has 1 atom stereocenters. The molecule has 0 saturated heterocycles. The lowest BCUT2D eigenvalue weighted by atomic mass is 10.1. The largest absolute Gasteiger partial charge is 0.416 e. The summed E-state index contributed by atoms with van der Waals surface area (Å²) < 4.78 is 37.2. The van der Waals surface area contributed by atoms with Crippen LogP contribution in [0.15, 0.2) is 23.8 Å². The van der Waals surface area contributed by atoms with Gasteiger partial charge in [0.1, 0.15) is 0 Å². The molecule has 1 unspecified atom stereocenters. The number of nitrogens with one attached hydrogen (secondary N) is 2. The number of allylic oxidation sites excluding steroid dienone is 3. The van der Waals surface area contributed by atoms with E-state index in [0.29, 0.717) is 6.42 Å². The quantitative estimate of drug-likeness (QED) is 0.725. The molecule has 0 aromatic rings. The molecule has 114 valence electrons. The Bertz CT molecular complexity index is 256. The van der Waals surface area contributed by atoms with E-state index in [9.17, 15) is 13.2 Å². The van der Waals surface area contributed by atoms with Gasteiger partial charge in [0.15, 0.2) is 0 Å². The molecule has 0 aromatic carbocycles. The zero-order chi connectivity index (χ0) is 15.3. The number of rotatable bonds is 6. The first-order chi connectivity index (χ1) is 8.83. The Morgan fingerprint density at radius 2 is 1.68 bits per heavy atom. The number of hydrogen-bond donors (Lipinski definition) is 2. The van der Waals surface area contributed by atoms with Crippen molar-refractivity contribution in [3.8, 4) is 0 Å². The fourth-order valence-electron chi connectivity index (χ4n) is 1.14. The van der Waals surface area contributed by atoms with Crippen LogP contribution in [0, 0.1) is 0 Å². The third-order valence-electron chi connectivity index (χ3n) is 2.20. The Morgan fingerprint density at radius 1 is 1.16 bits per heavy atom. The molecule has 0 fully saturated rings. The number of alkyl halides is 3. The highest BCUT2D eigenvalue weighted by atomic mass is 19.4. The third kappa shape index (κ3) is 13.4. The summed E-state index contributed by atoms with van der Waals surface area (Å²) in [5, 5.41) is 5.94. The molecule has 0 aliphatic heterocycles. The summed E-state index contributed by atoms with van der Waals surface area (Å²) in [7, 11) is 1.93. The molecule has 0 rings (SSSR count). The first-order valence-corrected chi connectivity index (χ1v) is 6.66. The lowest BCUT2D eigenvalue weighted by Gasteiger charge is -2.09. The Morgan fingerprint density at radius 3 is 2.00 bits per heavy atom. The van der Waals surface area contributed by atoms with Crippen molar-refractivity contribution in [3.63, 3.8) is 0 Å². The minimum atomic E-state index is -4.25. The van der Waals surface area contributed by atoms with E-state index in [2.05, 4.69) is 17.6 Å². The van der Waals surface area contributed by atoms with Crippen LogP contribution in [-0.4, -0.2) is 32.4 Å². The normalized spacial score (nSPS) is 14.2. The van der Waals surface area contributed by atoms with Crippen molar-refractivity contribution in [3.05, 3.63) is 23.8 Å². The summed E-state index contributed by atoms with van der Waals surface area (Å²) in [6.45, 7) is 9.30. The first kappa shape index (κ1) is 20.5. The fraction of sp³-hybridized carbons (Fsp3) is 0.714. The second kappa shape index (κ2) is 12.2. The van der Waals surface area contributed by atoms with Crippen molar-refractivity contribution in [1.29, 1.82) is 0 Å². The van der Waals surface area contributed by atoms with Gasteiger partial charge in [-0.1, -0.05) is 39.0 Å². The molecule has 0 radical (unpaired) electrons. The highest BCUT2D eigenvalue weighted by Gasteiger charge is 2.31. The average molecular weight is 280 g/mol. The fourth-order valence-corrected chi connectivity index (χ4v) is 1.14. The molecule has 0 aliphatic rings. The van der Waals surface area contributed by atoms with E-state index in [0.717, 1.165) is 19.2 Å². The van der Waals surface area contributed by atoms with Crippen molar-refractivity contribution < 1.29 is 13.2 Å². The lowest BCUT2D eigenvalue weighted by Crippen LogP contribution is -2.23. The van der Waals surface area contributed by atoms with Gasteiger partial charge in [-0.15, -0.1) is 0 Å². The van der Waals surface area contributed by atoms with Crippen LogP contribution in [0.4, 0.5) is 13.2 Å². The monoisotopic (exact) mass is 280 g/mol. The minimum Gasteiger partial charge on any atom is -0.320 e. The van der Waals surface area contributed by atoms with Crippen LogP contribution in [0.25, 0.3) is 0 Å². The molecule has 0 aromatic heterocycles. The molecule has 0 saturated carbocycles. The molecular formula is C14H27F3N2. The van der Waals surface area contributed by atoms with Gasteiger partial charge in [0.2, 0.25) is 0 Å². The van der Waals surface area contributed by atoms with Gasteiger partial charge in [-0.3, -0.25) is 0 Å². The molecule has 2 nitrogen and oxygen atoms in total. The van der Waals surface area contributed by atoms with Gasteiger partial charge in [0, 0.05) is 6.04 Å². The summed E-state index contributed by atoms with van der Waals surface area (Å²) in [4.78, 5) is 0. The van der Waals surface area contributed by atoms with Crippen molar-refractivity contribution in [2.45, 2.75) is 46.3 Å². The van der Waals surface area contributed by atoms with Crippen LogP contribution in [0.3, 0.4) is 0 Å². The summed E-state index contributed by atoms with van der Waals surface area (Å²) in [5.74, 6) is 0. The van der Waals surface area contributed by atoms with E-state index in [-0.39, 0.29) is 6.04 Å². The van der Waals surface area contributed by atoms with Crippen LogP contribution in [0.1, 0.15) is 34.1 Å². The lowest BCUT2D eigenvalue weighted by molar-refractivity contribution is -0.0884. The minimum absolute atomic E-state index is 0.0439. The second-order valence-electron chi connectivity index (χ2n) is 3.98. The van der Waals surface area contributed by atoms with Gasteiger partial charge in [-0.25, -0.2) is 0 Å². The molecule has 0 amide bonds. The molecule has 19 heavy (non-hydrogen) atoms. The Hall–Kier alpha value is -0.810. The Balaban J connectivity index is 0. The number of hydrogen-bond acceptors (Lipinski definition) is 2. The van der Waals surface area contributed by atoms with Crippen molar-refractivity contribution in [2.75, 3.05) is 20.1 Å². The molecule has 0 spiro atoms. The van der Waals surface area contributed by atoms with Crippen LogP contribution >= 0.6 is 0 Å². The standard InChI is InChI=1S/C11H18F3N.C3H9N/c1-4-6-10(11(12,13)14)8-7-9(3)15-5-2;1-3-4-2/h6-9,15H,4-5H2,1-3H3;4H,3H2,1-2H3/b8-7-,10-6+;. The molecule has 2 N–H and O–H groups in total. The highest BCUT2D eigenvalue weighted by molar-refractivity contribution is 5.24. The van der Waals surface area contributed by atoms with E-state index in [1.807, 2.05) is 20.9 Å². The van der Waals surface area contributed by atoms with E-state index in [1.165, 1.54) is 12.2 Å². The second-order valence-corrected chi connectivity index (χ2v) is 3.98. The van der Waals surface area contributed by atoms with E-state index in [4.69, 9.17) is 0 Å². The molecule has 0 aliphatic carbocycles. The van der Waals surface area contributed by atoms with Gasteiger partial charge < -0.3 is 10.6 Å². The van der Waals surface area contributed by atoms with Gasteiger partial charge >= 0.3 is 6.18 Å². The maximum atomic E-state index is 12.4. The zero-order valence-electron chi connectivity index (χ0n) is 12.6. The zero-order valence-corrected chi connectivity index (χ0v) is 12.6. The van der Waals surface area contributed by atoms with Crippen molar-refractivity contribution in [1.82, 2.24) is 10.6 Å². The maximum absolute atomic E-state index is 12.4. The summed E-state index contributed by atoms with van der Waals surface area (Å²) in [6.07, 6.45) is -0.0162. The average Bonchev–Trinajstić information content (AvgIpc) is 2.33. The van der Waals surface area contributed by atoms with Gasteiger partial charge in [0.25, 0.3) is 0 Å². The molecule has 0 bridgehead atoms. The maximum Gasteiger partial charge on any atom is 0.416 e. The van der Waals surface area contributed by atoms with Crippen LogP contribution in [0.2, 0.25) is 0 Å². The summed E-state index contributed by atoms with van der Waals surface area (Å²) in [6, 6.07) is -0.0439. The van der Waals surface area contributed by atoms with E-state index in [1.54, 1.807) is 6.92 Å². The molecule has 5 heteroatoms. The SMILES string of the molecule is CC/C=C(\C=C/C(C)NCC)C(F)(F)F.CCNC. The van der Waals surface area contributed by atoms with Gasteiger partial charge in [0.05, 0.1) is 5.57 Å². The van der Waals surface area contributed by atoms with Crippen LogP contribution in [0.5, 0.6) is 0 Å². The third-order valence-corrected chi connectivity index (χ3v) is 2.20. The smallest absolute Gasteiger partial charge is 0.320 e. The molecular weight excluding hydrogens is 253 g/mol. The first-order valence-electron chi connectivity index (χ1n) is 6.66. The predicted octanol–water partition coefficient (Wildman–Crippen LogP) is 3.67. The Kier molecular flexibility index (Phi) is 13.2. The van der Waals surface area contributed by atoms with E-state index >= 15 is 0 Å². The van der Waals surface area contributed by atoms with Crippen molar-refractivity contribution in [2.24, 2.45) is 0 Å². The topological polar surface area (TPSA) is 24.1 Å². The highest BCUT2D eigenvalue weighted by Crippen LogP contribution is 2.26. The number of likely N-dealkylation sites (N-methyl/N-ethyl adjacent to an activating group) is 1. The van der Waals surface area contributed by atoms with Gasteiger partial charge in [-0.05, 0) is 33.5 Å². The summed E-state index contributed by atoms with van der Waals surface area (Å²) >= 11 is 0. The van der Waals surface area contributed by atoms with Crippen molar-refractivity contribution >= 4 is 0 Å². The van der Waals surface area contributed by atoms with E-state index < -0.39 is 11.7 Å². The van der Waals surface area contributed by atoms with Crippen LogP contribution < -0.4 is 10.6 Å². The number of halogens is 3.